The summed E-state index contributed by atoms with van der Waals surface area (Å²) in [5.41, 5.74) is 0.260. The Balaban J connectivity index is 3.35. The molecule has 0 amide bonds. The lowest BCUT2D eigenvalue weighted by Gasteiger charge is -2.11. The Morgan fingerprint density at radius 2 is 2.00 bits per heavy atom. The molecular formula is C10H8Cl2O3. The molecule has 0 aliphatic heterocycles. The number of hydrogen-bond donors (Lipinski definition) is 1. The monoisotopic (exact) mass is 246 g/mol. The number of ketones is 1. The van der Waals surface area contributed by atoms with Crippen LogP contribution in [0, 0.1) is 0 Å². The molecule has 0 saturated heterocycles. The Kier molecular flexibility index (Phi) is 3.85. The molecule has 0 aromatic heterocycles. The van der Waals surface area contributed by atoms with E-state index in [2.05, 4.69) is 0 Å². The first-order valence-corrected chi connectivity index (χ1v) is 4.87. The fourth-order valence-electron chi connectivity index (χ4n) is 1.26. The lowest BCUT2D eigenvalue weighted by atomic mass is 10.0. The quantitative estimate of drug-likeness (QED) is 0.658. The predicted octanol–water partition coefficient (Wildman–Crippen LogP) is 2.34. The zero-order valence-electron chi connectivity index (χ0n) is 7.83. The summed E-state index contributed by atoms with van der Waals surface area (Å²) in [6.07, 6.45) is -1.52. The van der Waals surface area contributed by atoms with E-state index in [1.807, 2.05) is 0 Å². The molecule has 80 valence electrons. The predicted molar refractivity (Wildman–Crippen MR) is 57.3 cm³/mol. The van der Waals surface area contributed by atoms with E-state index in [4.69, 9.17) is 23.2 Å². The summed E-state index contributed by atoms with van der Waals surface area (Å²) in [6, 6.07) is 4.48. The van der Waals surface area contributed by atoms with Gasteiger partial charge in [-0.1, -0.05) is 23.7 Å². The third-order valence-corrected chi connectivity index (χ3v) is 2.43. The average Bonchev–Trinajstić information content (AvgIpc) is 2.15. The molecule has 5 heteroatoms. The van der Waals surface area contributed by atoms with Gasteiger partial charge in [0.05, 0.1) is 5.02 Å². The highest BCUT2D eigenvalue weighted by molar-refractivity contribution is 6.64. The SMILES string of the molecule is CC(=O)c1c(Cl)cccc1C(O)C(=O)Cl. The molecule has 0 bridgehead atoms. The molecule has 0 aliphatic carbocycles. The Labute approximate surface area is 96.6 Å². The van der Waals surface area contributed by atoms with Crippen molar-refractivity contribution in [3.8, 4) is 0 Å². The Bertz CT molecular complexity index is 415. The lowest BCUT2D eigenvalue weighted by Crippen LogP contribution is -2.11. The van der Waals surface area contributed by atoms with E-state index >= 15 is 0 Å². The van der Waals surface area contributed by atoms with Gasteiger partial charge in [-0.15, -0.1) is 0 Å². The van der Waals surface area contributed by atoms with Gasteiger partial charge in [0.15, 0.2) is 11.9 Å². The van der Waals surface area contributed by atoms with Crippen LogP contribution in [0.25, 0.3) is 0 Å². The summed E-state index contributed by atoms with van der Waals surface area (Å²) < 4.78 is 0. The van der Waals surface area contributed by atoms with Gasteiger partial charge in [0.25, 0.3) is 5.24 Å². The van der Waals surface area contributed by atoms with Crippen molar-refractivity contribution in [2.24, 2.45) is 0 Å². The maximum absolute atomic E-state index is 11.3. The summed E-state index contributed by atoms with van der Waals surface area (Å²) in [4.78, 5) is 22.1. The minimum Gasteiger partial charge on any atom is -0.379 e. The lowest BCUT2D eigenvalue weighted by molar-refractivity contribution is -0.119. The van der Waals surface area contributed by atoms with Gasteiger partial charge in [0.1, 0.15) is 0 Å². The molecule has 0 aliphatic rings. The second-order valence-electron chi connectivity index (χ2n) is 2.97. The molecule has 1 unspecified atom stereocenters. The van der Waals surface area contributed by atoms with E-state index < -0.39 is 11.3 Å². The molecular weight excluding hydrogens is 239 g/mol. The third-order valence-electron chi connectivity index (χ3n) is 1.91. The van der Waals surface area contributed by atoms with Crippen LogP contribution in [0.2, 0.25) is 5.02 Å². The summed E-state index contributed by atoms with van der Waals surface area (Å²) in [5.74, 6) is -0.326. The number of halogens is 2. The van der Waals surface area contributed by atoms with Crippen molar-refractivity contribution in [3.05, 3.63) is 34.3 Å². The van der Waals surface area contributed by atoms with Crippen molar-refractivity contribution in [2.75, 3.05) is 0 Å². The van der Waals surface area contributed by atoms with Gasteiger partial charge >= 0.3 is 0 Å². The molecule has 1 aromatic carbocycles. The standard InChI is InChI=1S/C10H8Cl2O3/c1-5(13)8-6(9(14)10(12)15)3-2-4-7(8)11/h2-4,9,14H,1H3. The molecule has 1 atom stereocenters. The van der Waals surface area contributed by atoms with Crippen molar-refractivity contribution in [2.45, 2.75) is 13.0 Å². The Morgan fingerprint density at radius 1 is 1.40 bits per heavy atom. The number of carbonyl (C=O) groups excluding carboxylic acids is 2. The number of rotatable bonds is 3. The van der Waals surface area contributed by atoms with E-state index in [9.17, 15) is 14.7 Å². The van der Waals surface area contributed by atoms with Crippen molar-refractivity contribution < 1.29 is 14.7 Å². The van der Waals surface area contributed by atoms with Crippen molar-refractivity contribution in [1.82, 2.24) is 0 Å². The number of aliphatic hydroxyl groups is 1. The topological polar surface area (TPSA) is 54.4 Å². The molecule has 1 rings (SSSR count). The van der Waals surface area contributed by atoms with Crippen LogP contribution >= 0.6 is 23.2 Å². The molecule has 1 N–H and O–H groups in total. The summed E-state index contributed by atoms with van der Waals surface area (Å²) >= 11 is 10.9. The van der Waals surface area contributed by atoms with Gasteiger partial charge in [0, 0.05) is 11.1 Å². The van der Waals surface area contributed by atoms with Gasteiger partial charge in [-0.25, -0.2) is 0 Å². The van der Waals surface area contributed by atoms with Crippen LogP contribution in [0.3, 0.4) is 0 Å². The maximum atomic E-state index is 11.3. The molecule has 0 heterocycles. The number of aliphatic hydroxyl groups excluding tert-OH is 1. The highest BCUT2D eigenvalue weighted by Gasteiger charge is 2.22. The third kappa shape index (κ3) is 2.56. The van der Waals surface area contributed by atoms with Crippen LogP contribution in [0.15, 0.2) is 18.2 Å². The van der Waals surface area contributed by atoms with Gasteiger partial charge in [0.2, 0.25) is 0 Å². The minimum absolute atomic E-state index is 0.126. The van der Waals surface area contributed by atoms with E-state index in [1.54, 1.807) is 0 Å². The molecule has 3 nitrogen and oxygen atoms in total. The van der Waals surface area contributed by atoms with Crippen LogP contribution in [0.5, 0.6) is 0 Å². The van der Waals surface area contributed by atoms with Crippen LogP contribution < -0.4 is 0 Å². The van der Waals surface area contributed by atoms with Gasteiger partial charge in [-0.3, -0.25) is 9.59 Å². The Hall–Kier alpha value is -0.900. The number of hydrogen-bond acceptors (Lipinski definition) is 3. The second kappa shape index (κ2) is 4.75. The molecule has 0 spiro atoms. The summed E-state index contributed by atoms with van der Waals surface area (Å²) in [6.45, 7) is 1.30. The van der Waals surface area contributed by atoms with Crippen molar-refractivity contribution in [3.63, 3.8) is 0 Å². The normalized spacial score (nSPS) is 12.3. The highest BCUT2D eigenvalue weighted by Crippen LogP contribution is 2.26. The second-order valence-corrected chi connectivity index (χ2v) is 3.75. The van der Waals surface area contributed by atoms with E-state index in [0.717, 1.165) is 0 Å². The largest absolute Gasteiger partial charge is 0.379 e. The van der Waals surface area contributed by atoms with E-state index in [-0.39, 0.29) is 21.9 Å². The van der Waals surface area contributed by atoms with E-state index in [1.165, 1.54) is 25.1 Å². The van der Waals surface area contributed by atoms with Gasteiger partial charge in [-0.2, -0.15) is 0 Å². The highest BCUT2D eigenvalue weighted by atomic mass is 35.5. The van der Waals surface area contributed by atoms with Gasteiger partial charge in [-0.05, 0) is 24.6 Å². The van der Waals surface area contributed by atoms with Crippen LogP contribution in [0.1, 0.15) is 28.9 Å². The fraction of sp³-hybridized carbons (Fsp3) is 0.200. The average molecular weight is 247 g/mol. The Morgan fingerprint density at radius 3 is 2.47 bits per heavy atom. The van der Waals surface area contributed by atoms with Crippen LogP contribution in [-0.2, 0) is 4.79 Å². The number of Topliss-reactive ketones (excluding diaryl/α,β-unsaturated/α-hetero) is 1. The first-order valence-electron chi connectivity index (χ1n) is 4.12. The van der Waals surface area contributed by atoms with Crippen LogP contribution in [-0.4, -0.2) is 16.1 Å². The van der Waals surface area contributed by atoms with Crippen molar-refractivity contribution in [1.29, 1.82) is 0 Å². The zero-order valence-corrected chi connectivity index (χ0v) is 9.34. The fourth-order valence-corrected chi connectivity index (χ4v) is 1.69. The van der Waals surface area contributed by atoms with E-state index in [0.29, 0.717) is 0 Å². The van der Waals surface area contributed by atoms with Crippen LogP contribution in [0.4, 0.5) is 0 Å². The zero-order chi connectivity index (χ0) is 11.6. The first kappa shape index (κ1) is 12.2. The van der Waals surface area contributed by atoms with Gasteiger partial charge < -0.3 is 5.11 Å². The molecule has 0 fully saturated rings. The number of carbonyl (C=O) groups is 2. The summed E-state index contributed by atoms with van der Waals surface area (Å²) in [5, 5.41) is 8.71. The smallest absolute Gasteiger partial charge is 0.254 e. The summed E-state index contributed by atoms with van der Waals surface area (Å²) in [7, 11) is 0. The minimum atomic E-state index is -1.52. The number of benzene rings is 1. The first-order chi connectivity index (χ1) is 6.95. The molecule has 15 heavy (non-hydrogen) atoms. The molecule has 0 radical (unpaired) electrons. The molecule has 0 saturated carbocycles. The van der Waals surface area contributed by atoms with Crippen molar-refractivity contribution >= 4 is 34.2 Å². The molecule has 1 aromatic rings. The maximum Gasteiger partial charge on any atom is 0.254 e.